The van der Waals surface area contributed by atoms with Gasteiger partial charge in [-0.25, -0.2) is 9.18 Å². The van der Waals surface area contributed by atoms with Crippen LogP contribution in [0.2, 0.25) is 0 Å². The number of rotatable bonds is 7. The van der Waals surface area contributed by atoms with Crippen molar-refractivity contribution in [3.63, 3.8) is 0 Å². The molecule has 0 bridgehead atoms. The van der Waals surface area contributed by atoms with Gasteiger partial charge in [0.1, 0.15) is 5.82 Å². The zero-order valence-electron chi connectivity index (χ0n) is 12.4. The standard InChI is InChI=1S/C14H18F4N2O3/c1-23-8-11(21)4-5-19-13(22)20-7-9-2-3-10(15)6-12(9)14(16,17)18/h2-3,6,11,21H,4-5,7-8H2,1H3,(H2,19,20,22). The summed E-state index contributed by atoms with van der Waals surface area (Å²) in [6.07, 6.45) is -5.21. The number of hydrogen-bond donors (Lipinski definition) is 3. The van der Waals surface area contributed by atoms with Gasteiger partial charge in [0.25, 0.3) is 0 Å². The summed E-state index contributed by atoms with van der Waals surface area (Å²) in [5.74, 6) is -1.00. The molecule has 2 amide bonds. The molecule has 0 fully saturated rings. The number of nitrogens with one attached hydrogen (secondary N) is 2. The minimum Gasteiger partial charge on any atom is -0.391 e. The van der Waals surface area contributed by atoms with E-state index in [2.05, 4.69) is 10.6 Å². The second-order valence-corrected chi connectivity index (χ2v) is 4.81. The molecule has 5 nitrogen and oxygen atoms in total. The zero-order chi connectivity index (χ0) is 17.5. The van der Waals surface area contributed by atoms with Gasteiger partial charge in [0, 0.05) is 20.2 Å². The highest BCUT2D eigenvalue weighted by Gasteiger charge is 2.33. The topological polar surface area (TPSA) is 70.6 Å². The Morgan fingerprint density at radius 1 is 1.35 bits per heavy atom. The van der Waals surface area contributed by atoms with E-state index in [0.29, 0.717) is 6.07 Å². The quantitative estimate of drug-likeness (QED) is 0.667. The minimum atomic E-state index is -4.71. The van der Waals surface area contributed by atoms with E-state index in [1.807, 2.05) is 0 Å². The average molecular weight is 338 g/mol. The van der Waals surface area contributed by atoms with Crippen molar-refractivity contribution in [2.24, 2.45) is 0 Å². The van der Waals surface area contributed by atoms with E-state index < -0.39 is 36.2 Å². The fraction of sp³-hybridized carbons (Fsp3) is 0.500. The van der Waals surface area contributed by atoms with Crippen molar-refractivity contribution in [3.8, 4) is 0 Å². The van der Waals surface area contributed by atoms with Crippen molar-refractivity contribution in [2.45, 2.75) is 25.2 Å². The Morgan fingerprint density at radius 3 is 2.65 bits per heavy atom. The molecule has 0 aliphatic carbocycles. The fourth-order valence-electron chi connectivity index (χ4n) is 1.83. The fourth-order valence-corrected chi connectivity index (χ4v) is 1.83. The molecule has 1 unspecified atom stereocenters. The van der Waals surface area contributed by atoms with E-state index in [0.717, 1.165) is 12.1 Å². The predicted octanol–water partition coefficient (Wildman–Crippen LogP) is 2.04. The lowest BCUT2D eigenvalue weighted by Crippen LogP contribution is -2.37. The Hall–Kier alpha value is -1.87. The summed E-state index contributed by atoms with van der Waals surface area (Å²) < 4.78 is 56.0. The number of ether oxygens (including phenoxy) is 1. The van der Waals surface area contributed by atoms with Crippen molar-refractivity contribution < 1.29 is 32.2 Å². The molecule has 0 radical (unpaired) electrons. The molecule has 1 atom stereocenters. The highest BCUT2D eigenvalue weighted by molar-refractivity contribution is 5.73. The maximum atomic E-state index is 12.9. The number of carbonyl (C=O) groups is 1. The van der Waals surface area contributed by atoms with E-state index in [1.54, 1.807) is 0 Å². The molecule has 0 aromatic heterocycles. The van der Waals surface area contributed by atoms with Crippen LogP contribution >= 0.6 is 0 Å². The normalized spacial score (nSPS) is 12.8. The van der Waals surface area contributed by atoms with Crippen molar-refractivity contribution in [2.75, 3.05) is 20.3 Å². The third kappa shape index (κ3) is 6.83. The third-order valence-corrected chi connectivity index (χ3v) is 2.94. The number of methoxy groups -OCH3 is 1. The Kier molecular flexibility index (Phi) is 7.24. The van der Waals surface area contributed by atoms with Crippen LogP contribution in [0.5, 0.6) is 0 Å². The van der Waals surface area contributed by atoms with Crippen LogP contribution in [0.15, 0.2) is 18.2 Å². The van der Waals surface area contributed by atoms with Crippen molar-refractivity contribution in [3.05, 3.63) is 35.1 Å². The number of aliphatic hydroxyl groups is 1. The maximum absolute atomic E-state index is 12.9. The molecular formula is C14H18F4N2O3. The zero-order valence-corrected chi connectivity index (χ0v) is 12.4. The first-order valence-corrected chi connectivity index (χ1v) is 6.78. The molecule has 0 heterocycles. The Balaban J connectivity index is 2.50. The van der Waals surface area contributed by atoms with Gasteiger partial charge < -0.3 is 20.5 Å². The summed E-state index contributed by atoms with van der Waals surface area (Å²) in [6.45, 7) is -0.151. The van der Waals surface area contributed by atoms with Crippen molar-refractivity contribution in [1.82, 2.24) is 10.6 Å². The summed E-state index contributed by atoms with van der Waals surface area (Å²) in [5.41, 5.74) is -1.37. The molecule has 9 heteroatoms. The van der Waals surface area contributed by atoms with Crippen LogP contribution < -0.4 is 10.6 Å². The Bertz CT molecular complexity index is 523. The van der Waals surface area contributed by atoms with Crippen molar-refractivity contribution in [1.29, 1.82) is 0 Å². The lowest BCUT2D eigenvalue weighted by Gasteiger charge is -2.14. The SMILES string of the molecule is COCC(O)CCNC(=O)NCc1ccc(F)cc1C(F)(F)F. The van der Waals surface area contributed by atoms with E-state index in [4.69, 9.17) is 4.74 Å². The Labute approximate surface area is 130 Å². The molecule has 0 aliphatic heterocycles. The molecule has 1 aromatic carbocycles. The maximum Gasteiger partial charge on any atom is 0.416 e. The number of hydrogen-bond acceptors (Lipinski definition) is 3. The van der Waals surface area contributed by atoms with Gasteiger partial charge in [-0.15, -0.1) is 0 Å². The summed E-state index contributed by atoms with van der Waals surface area (Å²) in [4.78, 5) is 11.5. The number of amides is 2. The smallest absolute Gasteiger partial charge is 0.391 e. The highest BCUT2D eigenvalue weighted by atomic mass is 19.4. The number of alkyl halides is 3. The molecule has 0 aliphatic rings. The first-order valence-electron chi connectivity index (χ1n) is 6.78. The van der Waals surface area contributed by atoms with Crippen LogP contribution in [-0.2, 0) is 17.5 Å². The number of urea groups is 1. The molecule has 23 heavy (non-hydrogen) atoms. The molecule has 130 valence electrons. The van der Waals surface area contributed by atoms with E-state index in [-0.39, 0.29) is 25.1 Å². The summed E-state index contributed by atoms with van der Waals surface area (Å²) >= 11 is 0. The molecule has 3 N–H and O–H groups in total. The van der Waals surface area contributed by atoms with Crippen molar-refractivity contribution >= 4 is 6.03 Å². The van der Waals surface area contributed by atoms with Crippen LogP contribution in [0.1, 0.15) is 17.5 Å². The second kappa shape index (κ2) is 8.68. The van der Waals surface area contributed by atoms with E-state index >= 15 is 0 Å². The van der Waals surface area contributed by atoms with Crippen LogP contribution in [0.4, 0.5) is 22.4 Å². The lowest BCUT2D eigenvalue weighted by molar-refractivity contribution is -0.138. The van der Waals surface area contributed by atoms with Crippen LogP contribution in [0.25, 0.3) is 0 Å². The van der Waals surface area contributed by atoms with Gasteiger partial charge in [0.15, 0.2) is 0 Å². The third-order valence-electron chi connectivity index (χ3n) is 2.94. The van der Waals surface area contributed by atoms with E-state index in [1.165, 1.54) is 7.11 Å². The first kappa shape index (κ1) is 19.2. The molecule has 0 saturated heterocycles. The van der Waals surface area contributed by atoms with Gasteiger partial charge in [-0.2, -0.15) is 13.2 Å². The van der Waals surface area contributed by atoms with Crippen LogP contribution in [0, 0.1) is 5.82 Å². The predicted molar refractivity (Wildman–Crippen MR) is 74.1 cm³/mol. The summed E-state index contributed by atoms with van der Waals surface area (Å²) in [6, 6.07) is 1.56. The minimum absolute atomic E-state index is 0.119. The first-order chi connectivity index (χ1) is 10.7. The molecular weight excluding hydrogens is 320 g/mol. The molecule has 1 aromatic rings. The molecule has 1 rings (SSSR count). The van der Waals surface area contributed by atoms with Gasteiger partial charge in [-0.1, -0.05) is 6.07 Å². The summed E-state index contributed by atoms with van der Waals surface area (Å²) in [5, 5.41) is 14.0. The van der Waals surface area contributed by atoms with Crippen LogP contribution in [0.3, 0.4) is 0 Å². The van der Waals surface area contributed by atoms with Gasteiger partial charge >= 0.3 is 12.2 Å². The largest absolute Gasteiger partial charge is 0.416 e. The summed E-state index contributed by atoms with van der Waals surface area (Å²) in [7, 11) is 1.42. The van der Waals surface area contributed by atoms with Gasteiger partial charge in [-0.05, 0) is 24.1 Å². The lowest BCUT2D eigenvalue weighted by atomic mass is 10.1. The van der Waals surface area contributed by atoms with Gasteiger partial charge in [0.2, 0.25) is 0 Å². The number of benzene rings is 1. The number of halogens is 4. The average Bonchev–Trinajstić information content (AvgIpc) is 2.45. The number of carbonyl (C=O) groups excluding carboxylic acids is 1. The number of aliphatic hydroxyl groups excluding tert-OH is 1. The Morgan fingerprint density at radius 2 is 2.04 bits per heavy atom. The monoisotopic (exact) mass is 338 g/mol. The van der Waals surface area contributed by atoms with Crippen LogP contribution in [-0.4, -0.2) is 37.5 Å². The molecule has 0 saturated carbocycles. The second-order valence-electron chi connectivity index (χ2n) is 4.81. The van der Waals surface area contributed by atoms with E-state index in [9.17, 15) is 27.5 Å². The van der Waals surface area contributed by atoms with Gasteiger partial charge in [0.05, 0.1) is 18.3 Å². The van der Waals surface area contributed by atoms with Gasteiger partial charge in [-0.3, -0.25) is 0 Å². The molecule has 0 spiro atoms. The highest BCUT2D eigenvalue weighted by Crippen LogP contribution is 2.32.